The predicted molar refractivity (Wildman–Crippen MR) is 64.6 cm³/mol. The highest BCUT2D eigenvalue weighted by molar-refractivity contribution is 8.00. The molecule has 0 unspecified atom stereocenters. The molecule has 3 nitrogen and oxygen atoms in total. The van der Waals surface area contributed by atoms with Crippen LogP contribution in [0.3, 0.4) is 0 Å². The summed E-state index contributed by atoms with van der Waals surface area (Å²) >= 11 is 2.63. The van der Waals surface area contributed by atoms with E-state index in [0.29, 0.717) is 9.04 Å². The number of aromatic nitrogens is 1. The monoisotopic (exact) mass is 295 g/mol. The number of para-hydroxylation sites is 1. The standard InChI is InChI=1S/C9H7F2NO2S3/c1-15-9-12-7-5(16-9)3-2-4-6(7)17(13,14)8(10)11/h2-4,8H,1H3. The number of rotatable bonds is 3. The Labute approximate surface area is 105 Å². The summed E-state index contributed by atoms with van der Waals surface area (Å²) in [7, 11) is -4.60. The smallest absolute Gasteiger partial charge is 0.228 e. The highest BCUT2D eigenvalue weighted by Crippen LogP contribution is 2.33. The lowest BCUT2D eigenvalue weighted by Crippen LogP contribution is -2.11. The first-order chi connectivity index (χ1) is 7.96. The van der Waals surface area contributed by atoms with Crippen LogP contribution in [0.4, 0.5) is 8.78 Å². The molecule has 2 rings (SSSR count). The van der Waals surface area contributed by atoms with Crippen LogP contribution < -0.4 is 0 Å². The number of hydrogen-bond acceptors (Lipinski definition) is 5. The molecule has 0 aliphatic rings. The Morgan fingerprint density at radius 2 is 2.12 bits per heavy atom. The Hall–Kier alpha value is -0.730. The summed E-state index contributed by atoms with van der Waals surface area (Å²) in [5, 5.41) is 0. The quantitative estimate of drug-likeness (QED) is 0.817. The van der Waals surface area contributed by atoms with E-state index in [4.69, 9.17) is 0 Å². The molecule has 0 radical (unpaired) electrons. The Balaban J connectivity index is 2.74. The first kappa shape index (κ1) is 12.7. The average molecular weight is 295 g/mol. The number of thioether (sulfide) groups is 1. The molecule has 1 heterocycles. The fraction of sp³-hybridized carbons (Fsp3) is 0.222. The molecule has 17 heavy (non-hydrogen) atoms. The third-order valence-electron chi connectivity index (χ3n) is 2.08. The van der Waals surface area contributed by atoms with E-state index in [1.165, 1.54) is 29.2 Å². The number of alkyl halides is 2. The molecule has 0 spiro atoms. The molecule has 0 N–H and O–H groups in total. The van der Waals surface area contributed by atoms with Crippen LogP contribution in [0.2, 0.25) is 0 Å². The second-order valence-corrected chi connectivity index (χ2v) is 7.06. The van der Waals surface area contributed by atoms with Crippen molar-refractivity contribution in [3.05, 3.63) is 18.2 Å². The zero-order valence-corrected chi connectivity index (χ0v) is 11.0. The maximum Gasteiger partial charge on any atom is 0.341 e. The number of thiazole rings is 1. The van der Waals surface area contributed by atoms with Gasteiger partial charge in [-0.3, -0.25) is 0 Å². The Kier molecular flexibility index (Phi) is 3.37. The van der Waals surface area contributed by atoms with Gasteiger partial charge in [-0.15, -0.1) is 11.3 Å². The average Bonchev–Trinajstić information content (AvgIpc) is 2.70. The van der Waals surface area contributed by atoms with Crippen molar-refractivity contribution in [3.63, 3.8) is 0 Å². The third kappa shape index (κ3) is 2.16. The zero-order valence-electron chi connectivity index (χ0n) is 8.55. The second kappa shape index (κ2) is 4.51. The van der Waals surface area contributed by atoms with Gasteiger partial charge in [0.25, 0.3) is 0 Å². The maximum absolute atomic E-state index is 12.5. The number of fused-ring (bicyclic) bond motifs is 1. The van der Waals surface area contributed by atoms with E-state index in [1.807, 2.05) is 0 Å². The largest absolute Gasteiger partial charge is 0.341 e. The minimum atomic E-state index is -4.60. The van der Waals surface area contributed by atoms with Crippen molar-refractivity contribution >= 4 is 43.2 Å². The molecule has 92 valence electrons. The molecule has 0 fully saturated rings. The Morgan fingerprint density at radius 3 is 2.71 bits per heavy atom. The van der Waals surface area contributed by atoms with Crippen molar-refractivity contribution in [1.29, 1.82) is 0 Å². The normalized spacial score (nSPS) is 12.5. The summed E-state index contributed by atoms with van der Waals surface area (Å²) in [5.74, 6) is -3.42. The third-order valence-corrected chi connectivity index (χ3v) is 5.50. The summed E-state index contributed by atoms with van der Waals surface area (Å²) < 4.78 is 49.1. The van der Waals surface area contributed by atoms with Crippen LogP contribution in [0.25, 0.3) is 10.2 Å². The first-order valence-corrected chi connectivity index (χ1v) is 8.01. The van der Waals surface area contributed by atoms with E-state index >= 15 is 0 Å². The first-order valence-electron chi connectivity index (χ1n) is 4.42. The molecular formula is C9H7F2NO2S3. The van der Waals surface area contributed by atoms with Gasteiger partial charge in [0.1, 0.15) is 5.52 Å². The SMILES string of the molecule is CSc1nc2c(S(=O)(=O)C(F)F)cccc2s1. The molecule has 0 saturated carbocycles. The van der Waals surface area contributed by atoms with Gasteiger partial charge >= 0.3 is 5.76 Å². The lowest BCUT2D eigenvalue weighted by Gasteiger charge is -2.02. The summed E-state index contributed by atoms with van der Waals surface area (Å²) in [6.07, 6.45) is 1.79. The van der Waals surface area contributed by atoms with E-state index < -0.39 is 20.5 Å². The van der Waals surface area contributed by atoms with Crippen molar-refractivity contribution in [3.8, 4) is 0 Å². The van der Waals surface area contributed by atoms with Crippen LogP contribution in [-0.4, -0.2) is 25.4 Å². The molecule has 0 bridgehead atoms. The van der Waals surface area contributed by atoms with Gasteiger partial charge in [0.05, 0.1) is 9.60 Å². The second-order valence-electron chi connectivity index (χ2n) is 3.09. The van der Waals surface area contributed by atoms with Gasteiger partial charge < -0.3 is 0 Å². The van der Waals surface area contributed by atoms with Gasteiger partial charge in [-0.1, -0.05) is 17.8 Å². The molecule has 0 aliphatic carbocycles. The van der Waals surface area contributed by atoms with Gasteiger partial charge in [-0.2, -0.15) is 8.78 Å². The zero-order chi connectivity index (χ0) is 12.6. The predicted octanol–water partition coefficient (Wildman–Crippen LogP) is 3.01. The van der Waals surface area contributed by atoms with Crippen LogP contribution in [0.5, 0.6) is 0 Å². The van der Waals surface area contributed by atoms with Crippen molar-refractivity contribution in [2.24, 2.45) is 0 Å². The van der Waals surface area contributed by atoms with Gasteiger partial charge in [0.2, 0.25) is 9.84 Å². The molecule has 0 saturated heterocycles. The van der Waals surface area contributed by atoms with Gasteiger partial charge in [0, 0.05) is 0 Å². The van der Waals surface area contributed by atoms with E-state index in [1.54, 1.807) is 12.3 Å². The molecular weight excluding hydrogens is 288 g/mol. The molecule has 0 atom stereocenters. The molecule has 0 amide bonds. The highest BCUT2D eigenvalue weighted by atomic mass is 32.2. The number of nitrogens with zero attached hydrogens (tertiary/aromatic N) is 1. The number of sulfone groups is 1. The fourth-order valence-electron chi connectivity index (χ4n) is 1.32. The number of hydrogen-bond donors (Lipinski definition) is 0. The molecule has 8 heteroatoms. The number of benzene rings is 1. The summed E-state index contributed by atoms with van der Waals surface area (Å²) in [5.41, 5.74) is 0.127. The van der Waals surface area contributed by atoms with E-state index in [2.05, 4.69) is 4.98 Å². The summed E-state index contributed by atoms with van der Waals surface area (Å²) in [6.45, 7) is 0. The van der Waals surface area contributed by atoms with E-state index in [0.717, 1.165) is 6.07 Å². The fourth-order valence-corrected chi connectivity index (χ4v) is 3.77. The van der Waals surface area contributed by atoms with Gasteiger partial charge in [-0.25, -0.2) is 13.4 Å². The van der Waals surface area contributed by atoms with Crippen LogP contribution in [0.15, 0.2) is 27.4 Å². The lowest BCUT2D eigenvalue weighted by molar-refractivity contribution is 0.235. The topological polar surface area (TPSA) is 47.0 Å². The van der Waals surface area contributed by atoms with E-state index in [-0.39, 0.29) is 5.52 Å². The van der Waals surface area contributed by atoms with Crippen molar-refractivity contribution in [2.45, 2.75) is 15.0 Å². The van der Waals surface area contributed by atoms with Crippen molar-refractivity contribution < 1.29 is 17.2 Å². The molecule has 2 aromatic rings. The Bertz CT molecular complexity index is 651. The van der Waals surface area contributed by atoms with Gasteiger partial charge in [-0.05, 0) is 18.4 Å². The van der Waals surface area contributed by atoms with Crippen LogP contribution in [0, 0.1) is 0 Å². The van der Waals surface area contributed by atoms with Crippen molar-refractivity contribution in [2.75, 3.05) is 6.26 Å². The molecule has 1 aromatic heterocycles. The highest BCUT2D eigenvalue weighted by Gasteiger charge is 2.29. The van der Waals surface area contributed by atoms with Crippen LogP contribution in [-0.2, 0) is 9.84 Å². The minimum absolute atomic E-state index is 0.127. The van der Waals surface area contributed by atoms with E-state index in [9.17, 15) is 17.2 Å². The number of halogens is 2. The van der Waals surface area contributed by atoms with Crippen LogP contribution >= 0.6 is 23.1 Å². The molecule has 1 aromatic carbocycles. The lowest BCUT2D eigenvalue weighted by atomic mass is 10.3. The summed E-state index contributed by atoms with van der Waals surface area (Å²) in [4.78, 5) is 3.65. The summed E-state index contributed by atoms with van der Waals surface area (Å²) in [6, 6.07) is 4.27. The van der Waals surface area contributed by atoms with Crippen LogP contribution in [0.1, 0.15) is 0 Å². The Morgan fingerprint density at radius 1 is 1.41 bits per heavy atom. The minimum Gasteiger partial charge on any atom is -0.228 e. The van der Waals surface area contributed by atoms with Crippen molar-refractivity contribution in [1.82, 2.24) is 4.98 Å². The maximum atomic E-state index is 12.5. The van der Waals surface area contributed by atoms with Gasteiger partial charge in [0.15, 0.2) is 4.34 Å². The molecule has 0 aliphatic heterocycles.